The summed E-state index contributed by atoms with van der Waals surface area (Å²) in [7, 11) is 1.35. The first-order valence-electron chi connectivity index (χ1n) is 10.6. The Morgan fingerprint density at radius 3 is 2.28 bits per heavy atom. The van der Waals surface area contributed by atoms with Crippen LogP contribution in [0.1, 0.15) is 48.9 Å². The second-order valence-electron chi connectivity index (χ2n) is 8.28. The summed E-state index contributed by atoms with van der Waals surface area (Å²) < 4.78 is 4.83. The maximum absolute atomic E-state index is 13.0. The fraction of sp³-hybridized carbons (Fsp3) is 0.591. The van der Waals surface area contributed by atoms with Gasteiger partial charge in [-0.05, 0) is 56.7 Å². The zero-order valence-corrected chi connectivity index (χ0v) is 17.0. The number of methoxy groups -OCH3 is 1. The van der Waals surface area contributed by atoms with E-state index in [1.807, 2.05) is 11.0 Å². The summed E-state index contributed by atoms with van der Waals surface area (Å²) in [4.78, 5) is 41.3. The van der Waals surface area contributed by atoms with Crippen LogP contribution in [0.3, 0.4) is 0 Å². The quantitative estimate of drug-likeness (QED) is 0.770. The predicted molar refractivity (Wildman–Crippen MR) is 110 cm³/mol. The van der Waals surface area contributed by atoms with Crippen LogP contribution in [0.4, 0.5) is 11.4 Å². The number of piperidine rings is 1. The van der Waals surface area contributed by atoms with Gasteiger partial charge in [-0.3, -0.25) is 9.59 Å². The number of ether oxygens (including phenoxy) is 1. The third-order valence-corrected chi connectivity index (χ3v) is 6.23. The number of hydrogen-bond acceptors (Lipinski definition) is 5. The average molecular weight is 399 g/mol. The fourth-order valence-corrected chi connectivity index (χ4v) is 4.30. The van der Waals surface area contributed by atoms with Crippen molar-refractivity contribution in [2.45, 2.75) is 38.5 Å². The number of nitrogens with zero attached hydrogens (tertiary/aromatic N) is 2. The van der Waals surface area contributed by atoms with Crippen molar-refractivity contribution in [3.63, 3.8) is 0 Å². The van der Waals surface area contributed by atoms with Crippen molar-refractivity contribution in [3.8, 4) is 0 Å². The van der Waals surface area contributed by atoms with Gasteiger partial charge in [-0.25, -0.2) is 4.79 Å². The lowest BCUT2D eigenvalue weighted by atomic mass is 9.95. The van der Waals surface area contributed by atoms with E-state index in [1.165, 1.54) is 7.11 Å². The minimum atomic E-state index is -0.416. The molecular weight excluding hydrogens is 370 g/mol. The van der Waals surface area contributed by atoms with Gasteiger partial charge in [-0.2, -0.15) is 0 Å². The Kier molecular flexibility index (Phi) is 5.74. The molecule has 0 aromatic heterocycles. The van der Waals surface area contributed by atoms with Crippen molar-refractivity contribution < 1.29 is 19.1 Å². The zero-order chi connectivity index (χ0) is 20.4. The summed E-state index contributed by atoms with van der Waals surface area (Å²) in [5, 5.41) is 3.06. The minimum Gasteiger partial charge on any atom is -0.465 e. The molecule has 0 unspecified atom stereocenters. The largest absolute Gasteiger partial charge is 0.465 e. The molecule has 3 fully saturated rings. The first-order chi connectivity index (χ1) is 14.1. The highest BCUT2D eigenvalue weighted by atomic mass is 16.5. The lowest BCUT2D eigenvalue weighted by Crippen LogP contribution is -2.42. The van der Waals surface area contributed by atoms with E-state index >= 15 is 0 Å². The van der Waals surface area contributed by atoms with Crippen LogP contribution in [0.25, 0.3) is 0 Å². The molecular formula is C22H29N3O4. The highest BCUT2D eigenvalue weighted by Gasteiger charge is 2.36. The van der Waals surface area contributed by atoms with Crippen LogP contribution in [0.2, 0.25) is 0 Å². The third-order valence-electron chi connectivity index (χ3n) is 6.23. The van der Waals surface area contributed by atoms with Crippen LogP contribution < -0.4 is 10.2 Å². The monoisotopic (exact) mass is 399 g/mol. The topological polar surface area (TPSA) is 79.0 Å². The molecule has 1 saturated carbocycles. The molecule has 2 aliphatic heterocycles. The summed E-state index contributed by atoms with van der Waals surface area (Å²) in [6.07, 6.45) is 5.63. The average Bonchev–Trinajstić information content (AvgIpc) is 3.47. The maximum atomic E-state index is 13.0. The van der Waals surface area contributed by atoms with Gasteiger partial charge in [-0.15, -0.1) is 0 Å². The van der Waals surface area contributed by atoms with Crippen molar-refractivity contribution >= 4 is 29.2 Å². The van der Waals surface area contributed by atoms with Crippen LogP contribution in [0.15, 0.2) is 18.2 Å². The molecule has 0 radical (unpaired) electrons. The molecule has 1 aromatic carbocycles. The Morgan fingerprint density at radius 1 is 0.966 bits per heavy atom. The van der Waals surface area contributed by atoms with E-state index in [0.29, 0.717) is 37.2 Å². The maximum Gasteiger partial charge on any atom is 0.337 e. The molecule has 3 aliphatic rings. The Hall–Kier alpha value is -2.57. The molecule has 4 rings (SSSR count). The third kappa shape index (κ3) is 4.38. The van der Waals surface area contributed by atoms with Gasteiger partial charge in [-0.1, -0.05) is 0 Å². The molecule has 2 heterocycles. The molecule has 7 nitrogen and oxygen atoms in total. The van der Waals surface area contributed by atoms with Gasteiger partial charge in [0.1, 0.15) is 0 Å². The Balaban J connectivity index is 1.44. The number of carbonyl (C=O) groups is 3. The second kappa shape index (κ2) is 8.43. The number of likely N-dealkylation sites (tertiary alicyclic amines) is 1. The van der Waals surface area contributed by atoms with Crippen molar-refractivity contribution in [2.24, 2.45) is 11.8 Å². The van der Waals surface area contributed by atoms with Gasteiger partial charge in [0.15, 0.2) is 0 Å². The molecule has 0 bridgehead atoms. The predicted octanol–water partition coefficient (Wildman–Crippen LogP) is 2.66. The first kappa shape index (κ1) is 19.7. The summed E-state index contributed by atoms with van der Waals surface area (Å²) in [6.45, 7) is 3.19. The van der Waals surface area contributed by atoms with Crippen molar-refractivity contribution in [1.82, 2.24) is 4.90 Å². The standard InChI is InChI=1S/C22H29N3O4/c1-29-22(28)17-6-7-19(24-10-2-3-11-24)18(14-17)23-20(26)15-8-12-25(13-9-15)21(27)16-4-5-16/h6-7,14-16H,2-5,8-13H2,1H3,(H,23,26). The molecule has 0 spiro atoms. The van der Waals surface area contributed by atoms with Gasteiger partial charge >= 0.3 is 5.97 Å². The number of rotatable bonds is 5. The highest BCUT2D eigenvalue weighted by Crippen LogP contribution is 2.34. The number of amides is 2. The van der Waals surface area contributed by atoms with Gasteiger partial charge in [0.2, 0.25) is 11.8 Å². The van der Waals surface area contributed by atoms with E-state index in [9.17, 15) is 14.4 Å². The molecule has 2 saturated heterocycles. The number of nitrogens with one attached hydrogen (secondary N) is 1. The van der Waals surface area contributed by atoms with Crippen LogP contribution in [-0.4, -0.2) is 56.0 Å². The molecule has 1 N–H and O–H groups in total. The summed E-state index contributed by atoms with van der Waals surface area (Å²) in [6, 6.07) is 5.35. The van der Waals surface area contributed by atoms with E-state index in [2.05, 4.69) is 10.2 Å². The summed E-state index contributed by atoms with van der Waals surface area (Å²) in [5.74, 6) is -0.0896. The number of esters is 1. The molecule has 156 valence electrons. The van der Waals surface area contributed by atoms with E-state index < -0.39 is 5.97 Å². The summed E-state index contributed by atoms with van der Waals surface area (Å²) >= 11 is 0. The molecule has 0 atom stereocenters. The molecule has 7 heteroatoms. The second-order valence-corrected chi connectivity index (χ2v) is 8.28. The van der Waals surface area contributed by atoms with E-state index in [0.717, 1.165) is 44.5 Å². The van der Waals surface area contributed by atoms with Gasteiger partial charge in [0, 0.05) is 38.0 Å². The molecule has 29 heavy (non-hydrogen) atoms. The molecule has 1 aromatic rings. The highest BCUT2D eigenvalue weighted by molar-refractivity contribution is 5.99. The first-order valence-corrected chi connectivity index (χ1v) is 10.6. The normalized spacial score (nSPS) is 19.9. The van der Waals surface area contributed by atoms with E-state index in [4.69, 9.17) is 4.74 Å². The number of hydrogen-bond donors (Lipinski definition) is 1. The Morgan fingerprint density at radius 2 is 1.66 bits per heavy atom. The number of carbonyl (C=O) groups excluding carboxylic acids is 3. The van der Waals surface area contributed by atoms with Gasteiger partial charge in [0.05, 0.1) is 24.0 Å². The molecule has 1 aliphatic carbocycles. The fourth-order valence-electron chi connectivity index (χ4n) is 4.30. The molecule has 2 amide bonds. The smallest absolute Gasteiger partial charge is 0.337 e. The lowest BCUT2D eigenvalue weighted by Gasteiger charge is -2.32. The lowest BCUT2D eigenvalue weighted by molar-refractivity contribution is -0.135. The number of anilines is 2. The van der Waals surface area contributed by atoms with Crippen molar-refractivity contribution in [3.05, 3.63) is 23.8 Å². The Bertz CT molecular complexity index is 791. The van der Waals surface area contributed by atoms with E-state index in [-0.39, 0.29) is 23.7 Å². The van der Waals surface area contributed by atoms with Gasteiger partial charge < -0.3 is 19.9 Å². The summed E-state index contributed by atoms with van der Waals surface area (Å²) in [5.41, 5.74) is 2.04. The SMILES string of the molecule is COC(=O)c1ccc(N2CCCC2)c(NC(=O)C2CCN(C(=O)C3CC3)CC2)c1. The number of benzene rings is 1. The van der Waals surface area contributed by atoms with Crippen LogP contribution >= 0.6 is 0 Å². The van der Waals surface area contributed by atoms with Crippen molar-refractivity contribution in [2.75, 3.05) is 43.5 Å². The van der Waals surface area contributed by atoms with Crippen molar-refractivity contribution in [1.29, 1.82) is 0 Å². The minimum absolute atomic E-state index is 0.0361. The van der Waals surface area contributed by atoms with E-state index in [1.54, 1.807) is 12.1 Å². The van der Waals surface area contributed by atoms with Crippen LogP contribution in [0, 0.1) is 11.8 Å². The van der Waals surface area contributed by atoms with Crippen LogP contribution in [0.5, 0.6) is 0 Å². The Labute approximate surface area is 171 Å². The zero-order valence-electron chi connectivity index (χ0n) is 17.0. The van der Waals surface area contributed by atoms with Gasteiger partial charge in [0.25, 0.3) is 0 Å². The van der Waals surface area contributed by atoms with Crippen LogP contribution in [-0.2, 0) is 14.3 Å².